The topological polar surface area (TPSA) is 55.6 Å². The number of hydrogen-bond acceptors (Lipinski definition) is 3. The lowest BCUT2D eigenvalue weighted by molar-refractivity contribution is -0.113. The molecular weight excluding hydrogens is 216 g/mol. The van der Waals surface area contributed by atoms with Crippen LogP contribution in [0.3, 0.4) is 0 Å². The van der Waals surface area contributed by atoms with E-state index in [0.717, 1.165) is 17.9 Å². The maximum Gasteiger partial charge on any atom is 0.241 e. The molecule has 0 aliphatic heterocycles. The summed E-state index contributed by atoms with van der Waals surface area (Å²) in [4.78, 5) is 12.6. The summed E-state index contributed by atoms with van der Waals surface area (Å²) < 4.78 is 5.54. The lowest BCUT2D eigenvalue weighted by Crippen LogP contribution is -2.19. The van der Waals surface area contributed by atoms with Gasteiger partial charge in [-0.25, -0.2) is 0 Å². The van der Waals surface area contributed by atoms with Crippen molar-refractivity contribution in [3.8, 4) is 5.75 Å². The first kappa shape index (κ1) is 13.3. The summed E-state index contributed by atoms with van der Waals surface area (Å²) in [6, 6.07) is 7.50. The number of nitrogens with two attached hydrogens (primary N) is 1. The molecule has 0 saturated carbocycles. The van der Waals surface area contributed by atoms with Gasteiger partial charge in [-0.05, 0) is 37.9 Å². The summed E-state index contributed by atoms with van der Waals surface area (Å²) in [5.41, 5.74) is 5.93. The van der Waals surface area contributed by atoms with Crippen LogP contribution in [0.1, 0.15) is 5.56 Å². The first-order valence-electron chi connectivity index (χ1n) is 5.43. The molecule has 0 bridgehead atoms. The third kappa shape index (κ3) is 5.73. The zero-order valence-corrected chi connectivity index (χ0v) is 10.2. The maximum atomic E-state index is 10.6. The van der Waals surface area contributed by atoms with Crippen LogP contribution in [0.2, 0.25) is 0 Å². The fourth-order valence-corrected chi connectivity index (χ4v) is 1.20. The predicted octanol–water partition coefficient (Wildman–Crippen LogP) is 1.13. The van der Waals surface area contributed by atoms with E-state index < -0.39 is 5.91 Å². The van der Waals surface area contributed by atoms with Crippen LogP contribution in [0.5, 0.6) is 5.75 Å². The van der Waals surface area contributed by atoms with Gasteiger partial charge in [-0.2, -0.15) is 0 Å². The molecule has 17 heavy (non-hydrogen) atoms. The Balaban J connectivity index is 2.47. The Morgan fingerprint density at radius 2 is 2.00 bits per heavy atom. The number of amides is 1. The molecule has 0 saturated heterocycles. The van der Waals surface area contributed by atoms with E-state index in [1.54, 1.807) is 6.08 Å². The van der Waals surface area contributed by atoms with Gasteiger partial charge in [0, 0.05) is 12.6 Å². The van der Waals surface area contributed by atoms with Gasteiger partial charge in [0.1, 0.15) is 12.4 Å². The predicted molar refractivity (Wildman–Crippen MR) is 68.7 cm³/mol. The Morgan fingerprint density at radius 1 is 1.35 bits per heavy atom. The average molecular weight is 234 g/mol. The second kappa shape index (κ2) is 6.70. The highest BCUT2D eigenvalue weighted by Crippen LogP contribution is 2.12. The standard InChI is InChI=1S/C13H18N2O2/c1-15(2)9-10-17-12-6-3-11(4-7-12)5-8-13(14)16/h3-8H,9-10H2,1-2H3,(H2,14,16)/b8-5-. The van der Waals surface area contributed by atoms with Crippen LogP contribution in [0, 0.1) is 0 Å². The molecule has 0 atom stereocenters. The summed E-state index contributed by atoms with van der Waals surface area (Å²) in [6.07, 6.45) is 3.01. The van der Waals surface area contributed by atoms with Crippen LogP contribution >= 0.6 is 0 Å². The largest absolute Gasteiger partial charge is 0.492 e. The van der Waals surface area contributed by atoms with Gasteiger partial charge in [0.25, 0.3) is 0 Å². The third-order valence-electron chi connectivity index (χ3n) is 2.13. The van der Waals surface area contributed by atoms with Crippen molar-refractivity contribution in [3.63, 3.8) is 0 Å². The molecule has 2 N–H and O–H groups in total. The molecule has 1 aromatic carbocycles. The zero-order chi connectivity index (χ0) is 12.7. The van der Waals surface area contributed by atoms with Crippen molar-refractivity contribution in [3.05, 3.63) is 35.9 Å². The maximum absolute atomic E-state index is 10.6. The summed E-state index contributed by atoms with van der Waals surface area (Å²) in [7, 11) is 4.00. The molecule has 1 amide bonds. The number of nitrogens with zero attached hydrogens (tertiary/aromatic N) is 1. The molecule has 1 aromatic rings. The summed E-state index contributed by atoms with van der Waals surface area (Å²) in [6.45, 7) is 1.53. The number of rotatable bonds is 6. The lowest BCUT2D eigenvalue weighted by atomic mass is 10.2. The van der Waals surface area contributed by atoms with Gasteiger partial charge in [0.05, 0.1) is 0 Å². The third-order valence-corrected chi connectivity index (χ3v) is 2.13. The monoisotopic (exact) mass is 234 g/mol. The van der Waals surface area contributed by atoms with E-state index in [0.29, 0.717) is 6.61 Å². The highest BCUT2D eigenvalue weighted by Gasteiger charge is 1.95. The Labute approximate surface area is 102 Å². The lowest BCUT2D eigenvalue weighted by Gasteiger charge is -2.10. The number of benzene rings is 1. The highest BCUT2D eigenvalue weighted by atomic mass is 16.5. The summed E-state index contributed by atoms with van der Waals surface area (Å²) in [5, 5.41) is 0. The van der Waals surface area contributed by atoms with E-state index in [2.05, 4.69) is 4.90 Å². The molecule has 0 aromatic heterocycles. The van der Waals surface area contributed by atoms with Gasteiger partial charge < -0.3 is 15.4 Å². The van der Waals surface area contributed by atoms with Gasteiger partial charge >= 0.3 is 0 Å². The number of likely N-dealkylation sites (N-methyl/N-ethyl adjacent to an activating group) is 1. The molecule has 1 rings (SSSR count). The van der Waals surface area contributed by atoms with Gasteiger partial charge in [-0.15, -0.1) is 0 Å². The van der Waals surface area contributed by atoms with Gasteiger partial charge in [-0.1, -0.05) is 12.1 Å². The molecule has 0 fully saturated rings. The van der Waals surface area contributed by atoms with Gasteiger partial charge in [-0.3, -0.25) is 4.79 Å². The van der Waals surface area contributed by atoms with Crippen LogP contribution in [0.4, 0.5) is 0 Å². The molecule has 92 valence electrons. The Bertz CT molecular complexity index is 383. The minimum absolute atomic E-state index is 0.448. The highest BCUT2D eigenvalue weighted by molar-refractivity contribution is 5.90. The molecule has 4 heteroatoms. The zero-order valence-electron chi connectivity index (χ0n) is 10.2. The molecule has 0 unspecified atom stereocenters. The Hall–Kier alpha value is -1.81. The molecule has 0 aliphatic carbocycles. The van der Waals surface area contributed by atoms with Crippen molar-refractivity contribution in [2.45, 2.75) is 0 Å². The van der Waals surface area contributed by atoms with Crippen LogP contribution < -0.4 is 10.5 Å². The van der Waals surface area contributed by atoms with E-state index in [1.165, 1.54) is 6.08 Å². The van der Waals surface area contributed by atoms with Crippen LogP contribution in [0.25, 0.3) is 6.08 Å². The fourth-order valence-electron chi connectivity index (χ4n) is 1.20. The van der Waals surface area contributed by atoms with Crippen molar-refractivity contribution in [1.82, 2.24) is 4.90 Å². The van der Waals surface area contributed by atoms with Crippen LogP contribution in [0.15, 0.2) is 30.3 Å². The smallest absolute Gasteiger partial charge is 0.241 e. The minimum Gasteiger partial charge on any atom is -0.492 e. The number of primary amides is 1. The average Bonchev–Trinajstić information content (AvgIpc) is 2.27. The van der Waals surface area contributed by atoms with Crippen molar-refractivity contribution < 1.29 is 9.53 Å². The molecule has 4 nitrogen and oxygen atoms in total. The van der Waals surface area contributed by atoms with Crippen molar-refractivity contribution in [2.75, 3.05) is 27.2 Å². The molecular formula is C13H18N2O2. The normalized spacial score (nSPS) is 11.0. The number of hydrogen-bond donors (Lipinski definition) is 1. The fraction of sp³-hybridized carbons (Fsp3) is 0.308. The first-order valence-corrected chi connectivity index (χ1v) is 5.43. The van der Waals surface area contributed by atoms with Crippen molar-refractivity contribution in [2.24, 2.45) is 5.73 Å². The second-order valence-corrected chi connectivity index (χ2v) is 3.96. The second-order valence-electron chi connectivity index (χ2n) is 3.96. The van der Waals surface area contributed by atoms with E-state index >= 15 is 0 Å². The summed E-state index contributed by atoms with van der Waals surface area (Å²) >= 11 is 0. The van der Waals surface area contributed by atoms with E-state index in [1.807, 2.05) is 38.4 Å². The SMILES string of the molecule is CN(C)CCOc1ccc(/C=C\C(N)=O)cc1. The number of carbonyl (C=O) groups is 1. The molecule has 0 heterocycles. The van der Waals surface area contributed by atoms with Crippen LogP contribution in [-0.2, 0) is 4.79 Å². The van der Waals surface area contributed by atoms with Crippen LogP contribution in [-0.4, -0.2) is 38.1 Å². The molecule has 0 radical (unpaired) electrons. The van der Waals surface area contributed by atoms with E-state index in [4.69, 9.17) is 10.5 Å². The molecule has 0 aliphatic rings. The molecule has 0 spiro atoms. The van der Waals surface area contributed by atoms with Gasteiger partial charge in [0.15, 0.2) is 0 Å². The first-order chi connectivity index (χ1) is 8.08. The van der Waals surface area contributed by atoms with Crippen molar-refractivity contribution in [1.29, 1.82) is 0 Å². The van der Waals surface area contributed by atoms with Gasteiger partial charge in [0.2, 0.25) is 5.91 Å². The quantitative estimate of drug-likeness (QED) is 0.751. The summed E-state index contributed by atoms with van der Waals surface area (Å²) in [5.74, 6) is 0.374. The van der Waals surface area contributed by atoms with E-state index in [-0.39, 0.29) is 0 Å². The van der Waals surface area contributed by atoms with Crippen molar-refractivity contribution >= 4 is 12.0 Å². The Morgan fingerprint density at radius 3 is 2.53 bits per heavy atom. The number of carbonyl (C=O) groups excluding carboxylic acids is 1. The Kier molecular flexibility index (Phi) is 5.23. The number of ether oxygens (including phenoxy) is 1. The minimum atomic E-state index is -0.448. The van der Waals surface area contributed by atoms with E-state index in [9.17, 15) is 4.79 Å².